The number of piperidine rings is 1. The molecule has 0 radical (unpaired) electrons. The molecule has 2 atom stereocenters. The Morgan fingerprint density at radius 1 is 1.08 bits per heavy atom. The first kappa shape index (κ1) is 16.2. The van der Waals surface area contributed by atoms with E-state index < -0.39 is 40.5 Å². The van der Waals surface area contributed by atoms with E-state index in [0.717, 1.165) is 17.2 Å². The van der Waals surface area contributed by atoms with E-state index in [-0.39, 0.29) is 25.1 Å². The summed E-state index contributed by atoms with van der Waals surface area (Å²) in [5.74, 6) is -3.35. The van der Waals surface area contributed by atoms with Crippen molar-refractivity contribution >= 4 is 17.8 Å². The van der Waals surface area contributed by atoms with Gasteiger partial charge in [-0.1, -0.05) is 0 Å². The molecule has 0 bridgehead atoms. The number of alkyl halides is 3. The van der Waals surface area contributed by atoms with Crippen molar-refractivity contribution in [2.24, 2.45) is 10.8 Å². The van der Waals surface area contributed by atoms with Gasteiger partial charge < -0.3 is 15.1 Å². The number of fused-ring (bicyclic) bond motifs is 1. The van der Waals surface area contributed by atoms with E-state index in [2.05, 4.69) is 4.98 Å². The van der Waals surface area contributed by atoms with E-state index in [0.29, 0.717) is 6.07 Å². The Morgan fingerprint density at radius 2 is 1.62 bits per heavy atom. The quantitative estimate of drug-likeness (QED) is 0.850. The van der Waals surface area contributed by atoms with Crippen molar-refractivity contribution in [3.8, 4) is 0 Å². The molecule has 1 aliphatic heterocycles. The lowest BCUT2D eigenvalue weighted by atomic mass is 9.97. The standard InChI is InChI=1S/C14H11F3N2O5/c15-14(16,17)8-2-1-7(3-18-8)9(20)19-5-12(10(21)22)4-13(12,6-19)11(23)24/h1-3H,4-6H2,(H,21,22)(H,23,24)/t12-,13+. The van der Waals surface area contributed by atoms with Gasteiger partial charge >= 0.3 is 18.1 Å². The molecule has 2 N–H and O–H groups in total. The molecule has 2 aliphatic rings. The number of halogens is 3. The Hall–Kier alpha value is -2.65. The van der Waals surface area contributed by atoms with Gasteiger partial charge in [0.2, 0.25) is 0 Å². The van der Waals surface area contributed by atoms with Crippen LogP contribution in [0.15, 0.2) is 18.3 Å². The van der Waals surface area contributed by atoms with Crippen molar-refractivity contribution in [2.45, 2.75) is 12.6 Å². The van der Waals surface area contributed by atoms with Gasteiger partial charge in [-0.2, -0.15) is 13.2 Å². The Morgan fingerprint density at radius 3 is 2.00 bits per heavy atom. The van der Waals surface area contributed by atoms with Crippen molar-refractivity contribution in [1.82, 2.24) is 9.88 Å². The van der Waals surface area contributed by atoms with Crippen molar-refractivity contribution in [2.75, 3.05) is 13.1 Å². The number of rotatable bonds is 3. The molecule has 3 rings (SSSR count). The summed E-state index contributed by atoms with van der Waals surface area (Å²) in [5, 5.41) is 18.6. The van der Waals surface area contributed by atoms with Crippen molar-refractivity contribution in [1.29, 1.82) is 0 Å². The van der Waals surface area contributed by atoms with Crippen LogP contribution in [0, 0.1) is 10.8 Å². The second-order valence-corrected chi connectivity index (χ2v) is 6.04. The highest BCUT2D eigenvalue weighted by Crippen LogP contribution is 2.68. The summed E-state index contributed by atoms with van der Waals surface area (Å²) >= 11 is 0. The van der Waals surface area contributed by atoms with Gasteiger partial charge in [-0.3, -0.25) is 19.4 Å². The number of carboxylic acids is 2. The lowest BCUT2D eigenvalue weighted by Gasteiger charge is -2.20. The number of hydrogen-bond donors (Lipinski definition) is 2. The minimum atomic E-state index is -4.64. The number of nitrogens with zero attached hydrogens (tertiary/aromatic N) is 2. The van der Waals surface area contributed by atoms with Gasteiger partial charge in [-0.05, 0) is 18.6 Å². The average Bonchev–Trinajstić information content (AvgIpc) is 3.05. The van der Waals surface area contributed by atoms with Crippen LogP contribution in [0.1, 0.15) is 22.5 Å². The van der Waals surface area contributed by atoms with Crippen LogP contribution in [0.2, 0.25) is 0 Å². The predicted octanol–water partition coefficient (Wildman–Crippen LogP) is 1.10. The van der Waals surface area contributed by atoms with Gasteiger partial charge in [0.15, 0.2) is 0 Å². The molecule has 7 nitrogen and oxygen atoms in total. The average molecular weight is 344 g/mol. The molecule has 1 aliphatic carbocycles. The lowest BCUT2D eigenvalue weighted by molar-refractivity contribution is -0.151. The number of carbonyl (C=O) groups is 3. The van der Waals surface area contributed by atoms with Crippen LogP contribution in [0.25, 0.3) is 0 Å². The maximum atomic E-state index is 12.5. The van der Waals surface area contributed by atoms with Crippen LogP contribution in [-0.4, -0.2) is 51.0 Å². The van der Waals surface area contributed by atoms with E-state index in [4.69, 9.17) is 0 Å². The third kappa shape index (κ3) is 2.05. The summed E-state index contributed by atoms with van der Waals surface area (Å²) in [4.78, 5) is 39.3. The van der Waals surface area contributed by atoms with E-state index in [1.807, 2.05) is 0 Å². The molecule has 0 aromatic carbocycles. The number of amides is 1. The zero-order chi connectivity index (χ0) is 17.9. The van der Waals surface area contributed by atoms with Crippen molar-refractivity contribution < 1.29 is 37.8 Å². The molecular weight excluding hydrogens is 333 g/mol. The number of carboxylic acid groups (broad SMARTS) is 2. The third-order valence-corrected chi connectivity index (χ3v) is 4.72. The second-order valence-electron chi connectivity index (χ2n) is 6.04. The van der Waals surface area contributed by atoms with Gasteiger partial charge in [0.05, 0.1) is 5.56 Å². The monoisotopic (exact) mass is 344 g/mol. The van der Waals surface area contributed by atoms with Gasteiger partial charge in [-0.15, -0.1) is 0 Å². The zero-order valence-electron chi connectivity index (χ0n) is 12.0. The smallest absolute Gasteiger partial charge is 0.433 e. The summed E-state index contributed by atoms with van der Waals surface area (Å²) in [6.07, 6.45) is -3.97. The van der Waals surface area contributed by atoms with Gasteiger partial charge in [0, 0.05) is 19.3 Å². The molecular formula is C14H11F3N2O5. The summed E-state index contributed by atoms with van der Waals surface area (Å²) in [7, 11) is 0. The second kappa shape index (κ2) is 4.68. The van der Waals surface area contributed by atoms with Crippen LogP contribution < -0.4 is 0 Å². The first-order valence-electron chi connectivity index (χ1n) is 6.83. The van der Waals surface area contributed by atoms with E-state index in [9.17, 15) is 37.8 Å². The van der Waals surface area contributed by atoms with Gasteiger partial charge in [0.25, 0.3) is 5.91 Å². The summed E-state index contributed by atoms with van der Waals surface area (Å²) in [6.45, 7) is -0.594. The first-order valence-corrected chi connectivity index (χ1v) is 6.83. The molecule has 24 heavy (non-hydrogen) atoms. The highest BCUT2D eigenvalue weighted by atomic mass is 19.4. The molecule has 0 unspecified atom stereocenters. The van der Waals surface area contributed by atoms with Crippen LogP contribution in [0.4, 0.5) is 13.2 Å². The van der Waals surface area contributed by atoms with Crippen molar-refractivity contribution in [3.63, 3.8) is 0 Å². The molecule has 128 valence electrons. The Balaban J connectivity index is 1.83. The largest absolute Gasteiger partial charge is 0.481 e. The minimum Gasteiger partial charge on any atom is -0.481 e. The molecule has 1 aromatic rings. The van der Waals surface area contributed by atoms with E-state index >= 15 is 0 Å². The SMILES string of the molecule is O=C(c1ccc(C(F)(F)F)nc1)N1C[C@@]2(C(=O)O)C[C@@]2(C(=O)O)C1. The topological polar surface area (TPSA) is 108 Å². The Bertz CT molecular complexity index is 720. The third-order valence-electron chi connectivity index (χ3n) is 4.72. The number of likely N-dealkylation sites (tertiary alicyclic amines) is 1. The lowest BCUT2D eigenvalue weighted by Crippen LogP contribution is -2.34. The highest BCUT2D eigenvalue weighted by molar-refractivity contribution is 5.99. The fourth-order valence-corrected chi connectivity index (χ4v) is 3.30. The summed E-state index contributed by atoms with van der Waals surface area (Å²) in [5.41, 5.74) is -4.39. The molecule has 1 saturated carbocycles. The fraction of sp³-hybridized carbons (Fsp3) is 0.429. The number of carbonyl (C=O) groups excluding carboxylic acids is 1. The van der Waals surface area contributed by atoms with Crippen LogP contribution in [0.3, 0.4) is 0 Å². The maximum absolute atomic E-state index is 12.5. The Labute approximate surface area is 132 Å². The number of pyridine rings is 1. The number of aliphatic carboxylic acids is 2. The first-order chi connectivity index (χ1) is 11.0. The summed E-state index contributed by atoms with van der Waals surface area (Å²) < 4.78 is 37.4. The fourth-order valence-electron chi connectivity index (χ4n) is 3.30. The summed E-state index contributed by atoms with van der Waals surface area (Å²) in [6, 6.07) is 1.58. The molecule has 1 aromatic heterocycles. The van der Waals surface area contributed by atoms with Crippen LogP contribution in [0.5, 0.6) is 0 Å². The number of hydrogen-bond acceptors (Lipinski definition) is 4. The van der Waals surface area contributed by atoms with Crippen LogP contribution in [-0.2, 0) is 15.8 Å². The molecule has 2 heterocycles. The molecule has 2 fully saturated rings. The van der Waals surface area contributed by atoms with E-state index in [1.165, 1.54) is 0 Å². The number of aromatic nitrogens is 1. The molecule has 10 heteroatoms. The molecule has 0 spiro atoms. The highest BCUT2D eigenvalue weighted by Gasteiger charge is 2.81. The molecule has 1 saturated heterocycles. The molecule has 1 amide bonds. The predicted molar refractivity (Wildman–Crippen MR) is 69.9 cm³/mol. The van der Waals surface area contributed by atoms with E-state index in [1.54, 1.807) is 0 Å². The Kier molecular flexibility index (Phi) is 3.16. The zero-order valence-corrected chi connectivity index (χ0v) is 12.0. The van der Waals surface area contributed by atoms with Crippen LogP contribution >= 0.6 is 0 Å². The van der Waals surface area contributed by atoms with Crippen molar-refractivity contribution in [3.05, 3.63) is 29.6 Å². The van der Waals surface area contributed by atoms with Gasteiger partial charge in [0.1, 0.15) is 16.5 Å². The normalized spacial score (nSPS) is 28.4. The maximum Gasteiger partial charge on any atom is 0.433 e. The van der Waals surface area contributed by atoms with Gasteiger partial charge in [-0.25, -0.2) is 0 Å². The minimum absolute atomic E-state index is 0.0697.